The van der Waals surface area contributed by atoms with E-state index in [2.05, 4.69) is 50.3 Å². The first-order valence-corrected chi connectivity index (χ1v) is 9.39. The molecule has 21 heavy (non-hydrogen) atoms. The van der Waals surface area contributed by atoms with Crippen LogP contribution in [0.4, 0.5) is 0 Å². The zero-order valence-corrected chi connectivity index (χ0v) is 16.1. The van der Waals surface area contributed by atoms with Gasteiger partial charge in [-0.05, 0) is 32.6 Å². The lowest BCUT2D eigenvalue weighted by Gasteiger charge is -2.56. The standard InChI is InChI=1S/C16H30INO3/c1-6-15(7-2)10-13(21-14(19)12(5)17)11-16(8-3,9-4)18(15)20/h12-13,20H,6-11H2,1-5H3. The van der Waals surface area contributed by atoms with Crippen LogP contribution in [0, 0.1) is 0 Å². The van der Waals surface area contributed by atoms with E-state index in [1.807, 2.05) is 6.92 Å². The maximum Gasteiger partial charge on any atom is 0.318 e. The van der Waals surface area contributed by atoms with Crippen LogP contribution in [-0.2, 0) is 9.53 Å². The van der Waals surface area contributed by atoms with Gasteiger partial charge in [0.15, 0.2) is 0 Å². The summed E-state index contributed by atoms with van der Waals surface area (Å²) in [6, 6.07) is 0. The number of piperidine rings is 1. The van der Waals surface area contributed by atoms with Crippen LogP contribution in [0.2, 0.25) is 0 Å². The number of carbonyl (C=O) groups excluding carboxylic acids is 1. The molecule has 0 saturated carbocycles. The molecule has 4 nitrogen and oxygen atoms in total. The van der Waals surface area contributed by atoms with Crippen molar-refractivity contribution in [2.75, 3.05) is 0 Å². The third kappa shape index (κ3) is 3.72. The average Bonchev–Trinajstić information content (AvgIpc) is 2.49. The van der Waals surface area contributed by atoms with Gasteiger partial charge in [-0.25, -0.2) is 0 Å². The second-order valence-corrected chi connectivity index (χ2v) is 8.13. The summed E-state index contributed by atoms with van der Waals surface area (Å²) in [5.41, 5.74) is -0.576. The Morgan fingerprint density at radius 1 is 1.19 bits per heavy atom. The van der Waals surface area contributed by atoms with Crippen LogP contribution in [0.1, 0.15) is 73.1 Å². The number of halogens is 1. The molecule has 1 rings (SSSR count). The lowest BCUT2D eigenvalue weighted by molar-refractivity contribution is -0.282. The Morgan fingerprint density at radius 3 is 1.86 bits per heavy atom. The fourth-order valence-corrected chi connectivity index (χ4v) is 3.76. The lowest BCUT2D eigenvalue weighted by Crippen LogP contribution is -2.65. The molecule has 0 aromatic rings. The van der Waals surface area contributed by atoms with Crippen molar-refractivity contribution in [3.05, 3.63) is 0 Å². The number of hydrogen-bond acceptors (Lipinski definition) is 4. The van der Waals surface area contributed by atoms with Gasteiger partial charge in [-0.3, -0.25) is 4.79 Å². The van der Waals surface area contributed by atoms with E-state index in [0.717, 1.165) is 25.7 Å². The number of rotatable bonds is 6. The van der Waals surface area contributed by atoms with Crippen LogP contribution in [0.25, 0.3) is 0 Å². The minimum absolute atomic E-state index is 0.0992. The second-order valence-electron chi connectivity index (χ2n) is 6.26. The van der Waals surface area contributed by atoms with Gasteiger partial charge in [0, 0.05) is 23.9 Å². The van der Waals surface area contributed by atoms with E-state index in [9.17, 15) is 10.0 Å². The zero-order valence-electron chi connectivity index (χ0n) is 14.0. The highest BCUT2D eigenvalue weighted by molar-refractivity contribution is 14.1. The summed E-state index contributed by atoms with van der Waals surface area (Å²) in [4.78, 5) is 12.0. The molecule has 0 bridgehead atoms. The Kier molecular flexibility index (Phi) is 6.93. The van der Waals surface area contributed by atoms with Crippen molar-refractivity contribution in [3.8, 4) is 0 Å². The maximum atomic E-state index is 12.0. The maximum absolute atomic E-state index is 12.0. The molecule has 1 aliphatic heterocycles. The van der Waals surface area contributed by atoms with Crippen molar-refractivity contribution in [1.82, 2.24) is 5.06 Å². The van der Waals surface area contributed by atoms with Gasteiger partial charge in [-0.1, -0.05) is 50.3 Å². The van der Waals surface area contributed by atoms with Gasteiger partial charge in [0.05, 0.1) is 0 Å². The molecule has 0 aromatic heterocycles. The molecular formula is C16H30INO3. The number of hydroxylamine groups is 2. The molecule has 0 aliphatic carbocycles. The van der Waals surface area contributed by atoms with Crippen LogP contribution in [0.15, 0.2) is 0 Å². The SMILES string of the molecule is CCC1(CC)CC(OC(=O)C(C)I)CC(CC)(CC)N1O. The van der Waals surface area contributed by atoms with Crippen LogP contribution >= 0.6 is 22.6 Å². The summed E-state index contributed by atoms with van der Waals surface area (Å²) < 4.78 is 5.60. The van der Waals surface area contributed by atoms with Gasteiger partial charge in [-0.2, -0.15) is 5.06 Å². The largest absolute Gasteiger partial charge is 0.461 e. The predicted molar refractivity (Wildman–Crippen MR) is 92.8 cm³/mol. The molecule has 5 heteroatoms. The third-order valence-corrected chi connectivity index (χ3v) is 5.86. The normalized spacial score (nSPS) is 23.8. The first kappa shape index (κ1) is 19.2. The highest BCUT2D eigenvalue weighted by atomic mass is 127. The summed E-state index contributed by atoms with van der Waals surface area (Å²) in [6.45, 7) is 10.3. The summed E-state index contributed by atoms with van der Waals surface area (Å²) in [5.74, 6) is -0.144. The molecule has 0 aromatic carbocycles. The Labute approximate surface area is 142 Å². The van der Waals surface area contributed by atoms with Gasteiger partial charge >= 0.3 is 5.97 Å². The molecule has 1 N–H and O–H groups in total. The van der Waals surface area contributed by atoms with Gasteiger partial charge < -0.3 is 9.94 Å². The van der Waals surface area contributed by atoms with Crippen LogP contribution in [0.5, 0.6) is 0 Å². The van der Waals surface area contributed by atoms with Crippen LogP contribution in [0.3, 0.4) is 0 Å². The number of nitrogens with zero attached hydrogens (tertiary/aromatic N) is 1. The molecule has 1 heterocycles. The molecule has 0 spiro atoms. The summed E-state index contributed by atoms with van der Waals surface area (Å²) in [7, 11) is 0. The fraction of sp³-hybridized carbons (Fsp3) is 0.938. The average molecular weight is 411 g/mol. The number of alkyl halides is 1. The van der Waals surface area contributed by atoms with E-state index < -0.39 is 0 Å². The van der Waals surface area contributed by atoms with Gasteiger partial charge in [0.25, 0.3) is 0 Å². The second kappa shape index (κ2) is 7.59. The van der Waals surface area contributed by atoms with Crippen molar-refractivity contribution in [1.29, 1.82) is 0 Å². The Hall–Kier alpha value is 0.120. The molecule has 1 unspecified atom stereocenters. The molecule has 1 atom stereocenters. The first-order chi connectivity index (χ1) is 9.80. The minimum atomic E-state index is -0.288. The smallest absolute Gasteiger partial charge is 0.318 e. The Balaban J connectivity index is 3.07. The van der Waals surface area contributed by atoms with Gasteiger partial charge in [-0.15, -0.1) is 0 Å². The van der Waals surface area contributed by atoms with Crippen molar-refractivity contribution < 1.29 is 14.7 Å². The zero-order chi connectivity index (χ0) is 16.3. The lowest BCUT2D eigenvalue weighted by atomic mass is 9.72. The fourth-order valence-electron chi connectivity index (χ4n) is 3.61. The summed E-state index contributed by atoms with van der Waals surface area (Å²) in [5, 5.41) is 12.5. The van der Waals surface area contributed by atoms with Gasteiger partial charge in [0.1, 0.15) is 10.0 Å². The van der Waals surface area contributed by atoms with Crippen LogP contribution in [-0.4, -0.2) is 37.3 Å². The van der Waals surface area contributed by atoms with E-state index >= 15 is 0 Å². The molecule has 0 amide bonds. The third-order valence-electron chi connectivity index (χ3n) is 5.35. The quantitative estimate of drug-likeness (QED) is 0.402. The minimum Gasteiger partial charge on any atom is -0.461 e. The van der Waals surface area contributed by atoms with E-state index in [-0.39, 0.29) is 27.1 Å². The van der Waals surface area contributed by atoms with Crippen molar-refractivity contribution in [3.63, 3.8) is 0 Å². The van der Waals surface area contributed by atoms with Crippen molar-refractivity contribution in [2.24, 2.45) is 0 Å². The van der Waals surface area contributed by atoms with Crippen molar-refractivity contribution in [2.45, 2.75) is 94.3 Å². The van der Waals surface area contributed by atoms with E-state index in [0.29, 0.717) is 12.8 Å². The van der Waals surface area contributed by atoms with E-state index in [1.165, 1.54) is 0 Å². The molecule has 124 valence electrons. The first-order valence-electron chi connectivity index (χ1n) is 8.14. The molecular weight excluding hydrogens is 381 g/mol. The monoisotopic (exact) mass is 411 g/mol. The van der Waals surface area contributed by atoms with E-state index in [4.69, 9.17) is 4.74 Å². The Morgan fingerprint density at radius 2 is 1.57 bits per heavy atom. The highest BCUT2D eigenvalue weighted by Gasteiger charge is 2.52. The molecule has 1 saturated heterocycles. The molecule has 1 fully saturated rings. The number of esters is 1. The topological polar surface area (TPSA) is 49.8 Å². The Bertz CT molecular complexity index is 329. The molecule has 0 radical (unpaired) electrons. The highest BCUT2D eigenvalue weighted by Crippen LogP contribution is 2.45. The van der Waals surface area contributed by atoms with Crippen molar-refractivity contribution >= 4 is 28.6 Å². The number of carbonyl (C=O) groups is 1. The predicted octanol–water partition coefficient (Wildman–Crippen LogP) is 4.32. The number of ether oxygens (including phenoxy) is 1. The van der Waals surface area contributed by atoms with E-state index in [1.54, 1.807) is 5.06 Å². The van der Waals surface area contributed by atoms with Crippen LogP contribution < -0.4 is 0 Å². The summed E-state index contributed by atoms with van der Waals surface area (Å²) in [6.07, 6.45) is 4.76. The molecule has 1 aliphatic rings. The number of hydrogen-bond donors (Lipinski definition) is 1. The van der Waals surface area contributed by atoms with Gasteiger partial charge in [0.2, 0.25) is 0 Å². The summed E-state index contributed by atoms with van der Waals surface area (Å²) >= 11 is 2.09.